The molecule has 0 bridgehead atoms. The molecule has 0 atom stereocenters. The molecule has 0 saturated carbocycles. The Hall–Kier alpha value is -1.59. The number of rotatable bonds is 5. The smallest absolute Gasteiger partial charge is 0.237 e. The molecule has 0 aromatic heterocycles. The summed E-state index contributed by atoms with van der Waals surface area (Å²) in [7, 11) is 0. The van der Waals surface area contributed by atoms with E-state index in [2.05, 4.69) is 5.32 Å². The lowest BCUT2D eigenvalue weighted by Crippen LogP contribution is -2.55. The molecule has 20 heavy (non-hydrogen) atoms. The molecule has 0 aromatic rings. The Labute approximate surface area is 120 Å². The molecule has 0 radical (unpaired) electrons. The molecule has 1 aliphatic heterocycles. The van der Waals surface area contributed by atoms with Gasteiger partial charge in [0.15, 0.2) is 0 Å². The molecule has 0 aliphatic carbocycles. The van der Waals surface area contributed by atoms with Crippen LogP contribution in [0.4, 0.5) is 0 Å². The van der Waals surface area contributed by atoms with Gasteiger partial charge in [0.1, 0.15) is 5.41 Å². The first kappa shape index (κ1) is 16.5. The van der Waals surface area contributed by atoms with Crippen LogP contribution in [-0.4, -0.2) is 60.7 Å². The van der Waals surface area contributed by atoms with E-state index >= 15 is 0 Å². The molecule has 1 aliphatic rings. The van der Waals surface area contributed by atoms with Gasteiger partial charge in [-0.15, -0.1) is 0 Å². The quantitative estimate of drug-likeness (QED) is 0.574. The molecular weight excluding hydrogens is 258 g/mol. The van der Waals surface area contributed by atoms with E-state index in [4.69, 9.17) is 0 Å². The second-order valence-corrected chi connectivity index (χ2v) is 6.16. The highest BCUT2D eigenvalue weighted by atomic mass is 16.2. The van der Waals surface area contributed by atoms with Gasteiger partial charge in [0.2, 0.25) is 18.2 Å². The third kappa shape index (κ3) is 3.95. The molecule has 0 spiro atoms. The highest BCUT2D eigenvalue weighted by Gasteiger charge is 2.39. The van der Waals surface area contributed by atoms with Crippen LogP contribution in [-0.2, 0) is 14.4 Å². The number of carbonyl (C=O) groups is 3. The van der Waals surface area contributed by atoms with E-state index in [9.17, 15) is 14.4 Å². The monoisotopic (exact) mass is 283 g/mol. The summed E-state index contributed by atoms with van der Waals surface area (Å²) in [6.07, 6.45) is 0.794. The molecule has 1 N–H and O–H groups in total. The van der Waals surface area contributed by atoms with Gasteiger partial charge in [-0.25, -0.2) is 0 Å². The van der Waals surface area contributed by atoms with Crippen molar-refractivity contribution in [2.24, 2.45) is 11.3 Å². The van der Waals surface area contributed by atoms with Crippen molar-refractivity contribution in [2.75, 3.05) is 32.7 Å². The number of carbonyl (C=O) groups excluding carboxylic acids is 3. The van der Waals surface area contributed by atoms with Crippen molar-refractivity contribution < 1.29 is 14.4 Å². The molecular formula is C14H25N3O3. The Balaban J connectivity index is 2.60. The van der Waals surface area contributed by atoms with Crippen molar-refractivity contribution in [1.29, 1.82) is 0 Å². The Morgan fingerprint density at radius 3 is 2.20 bits per heavy atom. The Kier molecular flexibility index (Phi) is 5.53. The predicted molar refractivity (Wildman–Crippen MR) is 75.8 cm³/mol. The Morgan fingerprint density at radius 1 is 1.20 bits per heavy atom. The minimum atomic E-state index is -1.07. The van der Waals surface area contributed by atoms with E-state index in [0.717, 1.165) is 6.41 Å². The summed E-state index contributed by atoms with van der Waals surface area (Å²) in [5.41, 5.74) is -1.07. The SMILES string of the molecule is CC(C)CNC(=O)C(C)(C)C(=O)N1CCN(C=O)CC1. The third-order valence-corrected chi connectivity index (χ3v) is 3.52. The van der Waals surface area contributed by atoms with Crippen LogP contribution in [0.2, 0.25) is 0 Å². The first-order chi connectivity index (χ1) is 9.28. The van der Waals surface area contributed by atoms with Gasteiger partial charge in [-0.2, -0.15) is 0 Å². The maximum Gasteiger partial charge on any atom is 0.237 e. The van der Waals surface area contributed by atoms with Crippen LogP contribution in [0.3, 0.4) is 0 Å². The standard InChI is InChI=1S/C14H25N3O3/c1-11(2)9-15-12(19)14(3,4)13(20)17-7-5-16(10-18)6-8-17/h10-11H,5-9H2,1-4H3,(H,15,19). The number of amides is 3. The van der Waals surface area contributed by atoms with Crippen molar-refractivity contribution in [3.63, 3.8) is 0 Å². The summed E-state index contributed by atoms with van der Waals surface area (Å²) >= 11 is 0. The van der Waals surface area contributed by atoms with Crippen LogP contribution in [0.5, 0.6) is 0 Å². The largest absolute Gasteiger partial charge is 0.355 e. The molecule has 1 fully saturated rings. The molecule has 6 nitrogen and oxygen atoms in total. The van der Waals surface area contributed by atoms with E-state index in [1.165, 1.54) is 0 Å². The average molecular weight is 283 g/mol. The maximum atomic E-state index is 12.5. The zero-order valence-electron chi connectivity index (χ0n) is 12.8. The van der Waals surface area contributed by atoms with Gasteiger partial charge in [-0.05, 0) is 19.8 Å². The molecule has 1 rings (SSSR count). The fourth-order valence-electron chi connectivity index (χ4n) is 2.04. The summed E-state index contributed by atoms with van der Waals surface area (Å²) in [4.78, 5) is 38.6. The van der Waals surface area contributed by atoms with Crippen LogP contribution in [0.15, 0.2) is 0 Å². The van der Waals surface area contributed by atoms with E-state index in [1.54, 1.807) is 23.6 Å². The molecule has 6 heteroatoms. The second-order valence-electron chi connectivity index (χ2n) is 6.16. The van der Waals surface area contributed by atoms with Crippen molar-refractivity contribution in [1.82, 2.24) is 15.1 Å². The summed E-state index contributed by atoms with van der Waals surface area (Å²) in [5.74, 6) is -0.0701. The number of nitrogens with one attached hydrogen (secondary N) is 1. The highest BCUT2D eigenvalue weighted by Crippen LogP contribution is 2.20. The third-order valence-electron chi connectivity index (χ3n) is 3.52. The fourth-order valence-corrected chi connectivity index (χ4v) is 2.04. The minimum absolute atomic E-state index is 0.177. The van der Waals surface area contributed by atoms with Crippen molar-refractivity contribution >= 4 is 18.2 Å². The van der Waals surface area contributed by atoms with Gasteiger partial charge < -0.3 is 15.1 Å². The van der Waals surface area contributed by atoms with E-state index in [0.29, 0.717) is 38.6 Å². The van der Waals surface area contributed by atoms with Gasteiger partial charge >= 0.3 is 0 Å². The first-order valence-electron chi connectivity index (χ1n) is 7.06. The molecule has 1 heterocycles. The second kappa shape index (κ2) is 6.72. The Morgan fingerprint density at radius 2 is 1.75 bits per heavy atom. The predicted octanol–water partition coefficient (Wildman–Crippen LogP) is 0.0854. The minimum Gasteiger partial charge on any atom is -0.355 e. The van der Waals surface area contributed by atoms with Gasteiger partial charge in [-0.1, -0.05) is 13.8 Å². The molecule has 3 amide bonds. The van der Waals surface area contributed by atoms with Crippen LogP contribution in [0.1, 0.15) is 27.7 Å². The van der Waals surface area contributed by atoms with Crippen molar-refractivity contribution in [2.45, 2.75) is 27.7 Å². The summed E-state index contributed by atoms with van der Waals surface area (Å²) in [5, 5.41) is 2.81. The fraction of sp³-hybridized carbons (Fsp3) is 0.786. The van der Waals surface area contributed by atoms with Crippen LogP contribution >= 0.6 is 0 Å². The van der Waals surface area contributed by atoms with Crippen LogP contribution in [0, 0.1) is 11.3 Å². The van der Waals surface area contributed by atoms with Crippen molar-refractivity contribution in [3.05, 3.63) is 0 Å². The van der Waals surface area contributed by atoms with Crippen molar-refractivity contribution in [3.8, 4) is 0 Å². The molecule has 1 saturated heterocycles. The maximum absolute atomic E-state index is 12.5. The molecule has 0 aromatic carbocycles. The molecule has 0 unspecified atom stereocenters. The first-order valence-corrected chi connectivity index (χ1v) is 7.06. The highest BCUT2D eigenvalue weighted by molar-refractivity contribution is 6.04. The van der Waals surface area contributed by atoms with Gasteiger partial charge in [-0.3, -0.25) is 14.4 Å². The normalized spacial score (nSPS) is 16.2. The van der Waals surface area contributed by atoms with Gasteiger partial charge in [0.25, 0.3) is 0 Å². The summed E-state index contributed by atoms with van der Waals surface area (Å²) in [6.45, 7) is 9.90. The van der Waals surface area contributed by atoms with Crippen LogP contribution < -0.4 is 5.32 Å². The average Bonchev–Trinajstić information content (AvgIpc) is 2.43. The summed E-state index contributed by atoms with van der Waals surface area (Å²) in [6, 6.07) is 0. The van der Waals surface area contributed by atoms with Gasteiger partial charge in [0, 0.05) is 32.7 Å². The zero-order chi connectivity index (χ0) is 15.3. The number of nitrogens with zero attached hydrogens (tertiary/aromatic N) is 2. The zero-order valence-corrected chi connectivity index (χ0v) is 12.8. The molecule has 114 valence electrons. The number of hydrogen-bond donors (Lipinski definition) is 1. The lowest BCUT2D eigenvalue weighted by Gasteiger charge is -2.36. The Bertz CT molecular complexity index is 372. The van der Waals surface area contributed by atoms with E-state index in [-0.39, 0.29) is 11.8 Å². The van der Waals surface area contributed by atoms with E-state index < -0.39 is 5.41 Å². The van der Waals surface area contributed by atoms with Crippen LogP contribution in [0.25, 0.3) is 0 Å². The lowest BCUT2D eigenvalue weighted by molar-refractivity contribution is -0.150. The summed E-state index contributed by atoms with van der Waals surface area (Å²) < 4.78 is 0. The number of piperazine rings is 1. The lowest BCUT2D eigenvalue weighted by atomic mass is 9.89. The van der Waals surface area contributed by atoms with Gasteiger partial charge in [0.05, 0.1) is 0 Å². The topological polar surface area (TPSA) is 69.7 Å². The number of hydrogen-bond acceptors (Lipinski definition) is 3. The van der Waals surface area contributed by atoms with E-state index in [1.807, 2.05) is 13.8 Å².